The minimum absolute atomic E-state index is 0.0682. The number of carbonyl (C=O) groups excluding carboxylic acids is 1. The molecule has 86 valence electrons. The van der Waals surface area contributed by atoms with Crippen LogP contribution in [0.25, 0.3) is 0 Å². The molecule has 0 aliphatic heterocycles. The molecule has 4 nitrogen and oxygen atoms in total. The quantitative estimate of drug-likeness (QED) is 0.626. The molecule has 1 aromatic carbocycles. The average Bonchev–Trinajstić information content (AvgIpc) is 2.22. The van der Waals surface area contributed by atoms with Crippen LogP contribution in [0, 0.1) is 0 Å². The molecule has 0 aromatic heterocycles. The van der Waals surface area contributed by atoms with Gasteiger partial charge in [0.25, 0.3) is 0 Å². The summed E-state index contributed by atoms with van der Waals surface area (Å²) < 4.78 is 10.4. The highest BCUT2D eigenvalue weighted by Gasteiger charge is 2.24. The summed E-state index contributed by atoms with van der Waals surface area (Å²) in [5, 5.41) is 0. The normalized spacial score (nSPS) is 15.3. The van der Waals surface area contributed by atoms with Crippen molar-refractivity contribution in [2.75, 3.05) is 12.8 Å². The third-order valence-corrected chi connectivity index (χ3v) is 2.80. The topological polar surface area (TPSA) is 61.5 Å². The molecule has 2 rings (SSSR count). The van der Waals surface area contributed by atoms with Gasteiger partial charge in [-0.05, 0) is 31.4 Å². The monoisotopic (exact) mass is 221 g/mol. The van der Waals surface area contributed by atoms with Crippen LogP contribution in [0.15, 0.2) is 18.2 Å². The molecule has 4 heteroatoms. The molecule has 1 fully saturated rings. The van der Waals surface area contributed by atoms with Gasteiger partial charge in [0.05, 0.1) is 12.8 Å². The SMILES string of the molecule is COc1c(N)cccc1C(=O)OC1CCC1. The first-order chi connectivity index (χ1) is 7.72. The Morgan fingerprint density at radius 3 is 2.75 bits per heavy atom. The van der Waals surface area contributed by atoms with Gasteiger partial charge in [0, 0.05) is 0 Å². The van der Waals surface area contributed by atoms with E-state index < -0.39 is 0 Å². The van der Waals surface area contributed by atoms with Crippen molar-refractivity contribution in [3.05, 3.63) is 23.8 Å². The number of nitrogen functional groups attached to an aromatic ring is 1. The third kappa shape index (κ3) is 1.96. The number of methoxy groups -OCH3 is 1. The predicted molar refractivity (Wildman–Crippen MR) is 60.5 cm³/mol. The van der Waals surface area contributed by atoms with E-state index in [4.69, 9.17) is 15.2 Å². The molecular weight excluding hydrogens is 206 g/mol. The molecule has 1 saturated carbocycles. The van der Waals surface area contributed by atoms with E-state index in [0.717, 1.165) is 19.3 Å². The van der Waals surface area contributed by atoms with Crippen LogP contribution in [-0.4, -0.2) is 19.2 Å². The van der Waals surface area contributed by atoms with E-state index in [-0.39, 0.29) is 12.1 Å². The lowest BCUT2D eigenvalue weighted by Crippen LogP contribution is -2.25. The second kappa shape index (κ2) is 4.43. The largest absolute Gasteiger partial charge is 0.494 e. The summed E-state index contributed by atoms with van der Waals surface area (Å²) in [5.41, 5.74) is 6.56. The minimum atomic E-state index is -0.353. The van der Waals surface area contributed by atoms with E-state index in [0.29, 0.717) is 17.0 Å². The van der Waals surface area contributed by atoms with E-state index in [1.807, 2.05) is 0 Å². The first kappa shape index (κ1) is 10.8. The van der Waals surface area contributed by atoms with E-state index in [1.54, 1.807) is 18.2 Å². The summed E-state index contributed by atoms with van der Waals surface area (Å²) >= 11 is 0. The number of rotatable bonds is 3. The molecule has 0 saturated heterocycles. The zero-order valence-corrected chi connectivity index (χ0v) is 9.23. The second-order valence-corrected chi connectivity index (χ2v) is 3.89. The Bertz CT molecular complexity index is 399. The number of esters is 1. The van der Waals surface area contributed by atoms with Crippen LogP contribution >= 0.6 is 0 Å². The van der Waals surface area contributed by atoms with Gasteiger partial charge in [-0.15, -0.1) is 0 Å². The zero-order chi connectivity index (χ0) is 11.5. The molecule has 1 aliphatic carbocycles. The number of nitrogens with two attached hydrogens (primary N) is 1. The van der Waals surface area contributed by atoms with E-state index >= 15 is 0 Å². The Morgan fingerprint density at radius 1 is 1.44 bits per heavy atom. The summed E-state index contributed by atoms with van der Waals surface area (Å²) in [6, 6.07) is 5.07. The molecule has 0 bridgehead atoms. The number of ether oxygens (including phenoxy) is 2. The summed E-state index contributed by atoms with van der Waals surface area (Å²) in [4.78, 5) is 11.8. The van der Waals surface area contributed by atoms with Crippen molar-refractivity contribution in [1.29, 1.82) is 0 Å². The Hall–Kier alpha value is -1.71. The van der Waals surface area contributed by atoms with Gasteiger partial charge in [-0.25, -0.2) is 4.79 Å². The number of hydrogen-bond acceptors (Lipinski definition) is 4. The lowest BCUT2D eigenvalue weighted by Gasteiger charge is -2.25. The predicted octanol–water partition coefficient (Wildman–Crippen LogP) is 1.99. The molecule has 0 unspecified atom stereocenters. The van der Waals surface area contributed by atoms with Crippen LogP contribution < -0.4 is 10.5 Å². The summed E-state index contributed by atoms with van der Waals surface area (Å²) in [5.74, 6) is 0.0423. The van der Waals surface area contributed by atoms with Gasteiger partial charge in [-0.1, -0.05) is 6.07 Å². The number of anilines is 1. The van der Waals surface area contributed by atoms with Gasteiger partial charge in [-0.2, -0.15) is 0 Å². The van der Waals surface area contributed by atoms with Crippen LogP contribution in [0.2, 0.25) is 0 Å². The third-order valence-electron chi connectivity index (χ3n) is 2.80. The maximum absolute atomic E-state index is 11.8. The zero-order valence-electron chi connectivity index (χ0n) is 9.23. The van der Waals surface area contributed by atoms with Crippen molar-refractivity contribution in [1.82, 2.24) is 0 Å². The van der Waals surface area contributed by atoms with Crippen LogP contribution in [-0.2, 0) is 4.74 Å². The van der Waals surface area contributed by atoms with Crippen molar-refractivity contribution in [3.8, 4) is 5.75 Å². The van der Waals surface area contributed by atoms with Gasteiger partial charge in [0.1, 0.15) is 11.7 Å². The molecule has 0 radical (unpaired) electrons. The smallest absolute Gasteiger partial charge is 0.342 e. The Morgan fingerprint density at radius 2 is 2.19 bits per heavy atom. The Balaban J connectivity index is 2.18. The number of benzene rings is 1. The molecule has 2 N–H and O–H groups in total. The fraction of sp³-hybridized carbons (Fsp3) is 0.417. The number of para-hydroxylation sites is 1. The first-order valence-electron chi connectivity index (χ1n) is 5.36. The first-order valence-corrected chi connectivity index (χ1v) is 5.36. The number of hydrogen-bond donors (Lipinski definition) is 1. The molecule has 0 heterocycles. The minimum Gasteiger partial charge on any atom is -0.494 e. The van der Waals surface area contributed by atoms with Crippen molar-refractivity contribution < 1.29 is 14.3 Å². The highest BCUT2D eigenvalue weighted by Crippen LogP contribution is 2.29. The van der Waals surface area contributed by atoms with Gasteiger partial charge >= 0.3 is 5.97 Å². The Kier molecular flexibility index (Phi) is 2.99. The lowest BCUT2D eigenvalue weighted by molar-refractivity contribution is 0.00872. The van der Waals surface area contributed by atoms with Crippen LogP contribution in [0.3, 0.4) is 0 Å². The molecule has 0 amide bonds. The fourth-order valence-corrected chi connectivity index (χ4v) is 1.65. The highest BCUT2D eigenvalue weighted by molar-refractivity contribution is 5.94. The fourth-order valence-electron chi connectivity index (χ4n) is 1.65. The highest BCUT2D eigenvalue weighted by atomic mass is 16.5. The average molecular weight is 221 g/mol. The van der Waals surface area contributed by atoms with Crippen LogP contribution in [0.4, 0.5) is 5.69 Å². The summed E-state index contributed by atoms with van der Waals surface area (Å²) in [7, 11) is 1.49. The summed E-state index contributed by atoms with van der Waals surface area (Å²) in [6.45, 7) is 0. The molecule has 0 spiro atoms. The van der Waals surface area contributed by atoms with Crippen LogP contribution in [0.1, 0.15) is 29.6 Å². The molecule has 16 heavy (non-hydrogen) atoms. The maximum atomic E-state index is 11.8. The van der Waals surface area contributed by atoms with Gasteiger partial charge in [0.15, 0.2) is 5.75 Å². The molecular formula is C12H15NO3. The lowest BCUT2D eigenvalue weighted by atomic mass is 9.96. The molecule has 1 aliphatic rings. The second-order valence-electron chi connectivity index (χ2n) is 3.89. The van der Waals surface area contributed by atoms with Crippen molar-refractivity contribution in [3.63, 3.8) is 0 Å². The standard InChI is InChI=1S/C12H15NO3/c1-15-11-9(6-3-7-10(11)13)12(14)16-8-4-2-5-8/h3,6-8H,2,4-5,13H2,1H3. The van der Waals surface area contributed by atoms with Crippen molar-refractivity contribution in [2.24, 2.45) is 0 Å². The number of carbonyl (C=O) groups is 1. The van der Waals surface area contributed by atoms with E-state index in [2.05, 4.69) is 0 Å². The maximum Gasteiger partial charge on any atom is 0.342 e. The van der Waals surface area contributed by atoms with E-state index in [9.17, 15) is 4.79 Å². The Labute approximate surface area is 94.3 Å². The van der Waals surface area contributed by atoms with E-state index in [1.165, 1.54) is 7.11 Å². The van der Waals surface area contributed by atoms with Crippen molar-refractivity contribution >= 4 is 11.7 Å². The molecule has 0 atom stereocenters. The van der Waals surface area contributed by atoms with Gasteiger partial charge in [-0.3, -0.25) is 0 Å². The van der Waals surface area contributed by atoms with Crippen molar-refractivity contribution in [2.45, 2.75) is 25.4 Å². The molecule has 1 aromatic rings. The van der Waals surface area contributed by atoms with Gasteiger partial charge < -0.3 is 15.2 Å². The van der Waals surface area contributed by atoms with Gasteiger partial charge in [0.2, 0.25) is 0 Å². The summed E-state index contributed by atoms with van der Waals surface area (Å²) in [6.07, 6.45) is 3.11. The van der Waals surface area contributed by atoms with Crippen LogP contribution in [0.5, 0.6) is 5.75 Å².